The van der Waals surface area contributed by atoms with E-state index in [4.69, 9.17) is 5.73 Å². The Labute approximate surface area is 97.3 Å². The smallest absolute Gasteiger partial charge is 0.239 e. The molecule has 16 heavy (non-hydrogen) atoms. The van der Waals surface area contributed by atoms with E-state index in [0.29, 0.717) is 6.42 Å². The van der Waals surface area contributed by atoms with Crippen molar-refractivity contribution < 1.29 is 9.59 Å². The van der Waals surface area contributed by atoms with Gasteiger partial charge in [-0.05, 0) is 19.3 Å². The van der Waals surface area contributed by atoms with Crippen LogP contribution in [0, 0.1) is 0 Å². The van der Waals surface area contributed by atoms with Crippen LogP contribution in [0.1, 0.15) is 45.4 Å². The molecule has 0 aromatic rings. The largest absolute Gasteiger partial charge is 0.368 e. The van der Waals surface area contributed by atoms with Crippen molar-refractivity contribution in [2.45, 2.75) is 51.5 Å². The zero-order chi connectivity index (χ0) is 12.4. The van der Waals surface area contributed by atoms with Crippen molar-refractivity contribution in [2.75, 3.05) is 0 Å². The van der Waals surface area contributed by atoms with Crippen LogP contribution in [0.2, 0.25) is 0 Å². The molecule has 0 aliphatic heterocycles. The lowest BCUT2D eigenvalue weighted by molar-refractivity contribution is -0.126. The minimum absolute atomic E-state index is 0.213. The van der Waals surface area contributed by atoms with E-state index in [2.05, 4.69) is 11.9 Å². The summed E-state index contributed by atoms with van der Waals surface area (Å²) < 4.78 is 0. The third-order valence-electron chi connectivity index (χ3n) is 2.37. The van der Waals surface area contributed by atoms with E-state index in [9.17, 15) is 9.59 Å². The van der Waals surface area contributed by atoms with Gasteiger partial charge in [0.15, 0.2) is 0 Å². The predicted molar refractivity (Wildman–Crippen MR) is 64.7 cm³/mol. The van der Waals surface area contributed by atoms with Gasteiger partial charge in [0.25, 0.3) is 0 Å². The second kappa shape index (κ2) is 8.95. The molecule has 0 saturated heterocycles. The van der Waals surface area contributed by atoms with Crippen molar-refractivity contribution in [3.8, 4) is 0 Å². The molecule has 0 rings (SSSR count). The van der Waals surface area contributed by atoms with Crippen LogP contribution < -0.4 is 11.1 Å². The number of unbranched alkanes of at least 4 members (excludes halogenated alkanes) is 4. The maximum Gasteiger partial charge on any atom is 0.239 e. The first-order valence-electron chi connectivity index (χ1n) is 5.75. The first-order chi connectivity index (χ1) is 7.57. The van der Waals surface area contributed by atoms with E-state index in [0.717, 1.165) is 32.1 Å². The maximum atomic E-state index is 11.0. The summed E-state index contributed by atoms with van der Waals surface area (Å²) in [5, 5.41) is 2.55. The molecule has 0 aliphatic rings. The predicted octanol–water partition coefficient (Wildman–Crippen LogP) is 1.50. The van der Waals surface area contributed by atoms with Gasteiger partial charge in [0.1, 0.15) is 6.04 Å². The summed E-state index contributed by atoms with van der Waals surface area (Å²) in [6, 6.07) is -0.517. The Balaban J connectivity index is 3.64. The molecule has 0 aromatic carbocycles. The maximum absolute atomic E-state index is 11.0. The monoisotopic (exact) mass is 226 g/mol. The number of carbonyl (C=O) groups is 2. The topological polar surface area (TPSA) is 72.2 Å². The molecule has 0 radical (unpaired) electrons. The molecule has 0 fully saturated rings. The number of carbonyl (C=O) groups excluding carboxylic acids is 2. The third-order valence-corrected chi connectivity index (χ3v) is 2.37. The summed E-state index contributed by atoms with van der Waals surface area (Å²) in [6.07, 6.45) is 7.78. The highest BCUT2D eigenvalue weighted by Crippen LogP contribution is 2.07. The summed E-state index contributed by atoms with van der Waals surface area (Å²) in [4.78, 5) is 21.8. The number of hydrogen-bond acceptors (Lipinski definition) is 2. The standard InChI is InChI=1S/C12H22N2O2/c1-3-4-5-6-7-8-9-11(12(13)16)14-10(2)15/h3,11H,1,4-9H2,2H3,(H2,13,16)(H,14,15)/t11-/m0/s1. The molecule has 4 heteroatoms. The zero-order valence-corrected chi connectivity index (χ0v) is 10.00. The van der Waals surface area contributed by atoms with Gasteiger partial charge in [-0.1, -0.05) is 25.3 Å². The lowest BCUT2D eigenvalue weighted by atomic mass is 10.1. The zero-order valence-electron chi connectivity index (χ0n) is 10.00. The fourth-order valence-electron chi connectivity index (χ4n) is 1.52. The van der Waals surface area contributed by atoms with Crippen LogP contribution in [0.5, 0.6) is 0 Å². The molecule has 0 saturated carbocycles. The molecular formula is C12H22N2O2. The number of nitrogens with one attached hydrogen (secondary N) is 1. The van der Waals surface area contributed by atoms with Crippen LogP contribution in [0.25, 0.3) is 0 Å². The molecule has 0 unspecified atom stereocenters. The average Bonchev–Trinajstić information content (AvgIpc) is 2.20. The van der Waals surface area contributed by atoms with E-state index in [1.54, 1.807) is 0 Å². The second-order valence-electron chi connectivity index (χ2n) is 3.94. The SMILES string of the molecule is C=CCCCCCC[C@H](NC(C)=O)C(N)=O. The van der Waals surface area contributed by atoms with Crippen LogP contribution in [-0.4, -0.2) is 17.9 Å². The number of primary amides is 1. The van der Waals surface area contributed by atoms with Gasteiger partial charge in [0.2, 0.25) is 11.8 Å². The van der Waals surface area contributed by atoms with Crippen molar-refractivity contribution in [1.82, 2.24) is 5.32 Å². The Morgan fingerprint density at radius 3 is 2.44 bits per heavy atom. The molecular weight excluding hydrogens is 204 g/mol. The number of allylic oxidation sites excluding steroid dienone is 1. The molecule has 0 spiro atoms. The van der Waals surface area contributed by atoms with E-state index >= 15 is 0 Å². The van der Waals surface area contributed by atoms with E-state index in [1.165, 1.54) is 6.92 Å². The first-order valence-corrected chi connectivity index (χ1v) is 5.75. The minimum Gasteiger partial charge on any atom is -0.368 e. The normalized spacial score (nSPS) is 11.8. The summed E-state index contributed by atoms with van der Waals surface area (Å²) in [6.45, 7) is 5.04. The van der Waals surface area contributed by atoms with Gasteiger partial charge in [0, 0.05) is 6.92 Å². The van der Waals surface area contributed by atoms with Crippen LogP contribution in [0.3, 0.4) is 0 Å². The molecule has 0 bridgehead atoms. The van der Waals surface area contributed by atoms with Crippen molar-refractivity contribution in [3.63, 3.8) is 0 Å². The first kappa shape index (κ1) is 14.7. The van der Waals surface area contributed by atoms with Crippen LogP contribution in [0.4, 0.5) is 0 Å². The molecule has 0 heterocycles. The highest BCUT2D eigenvalue weighted by Gasteiger charge is 2.14. The number of hydrogen-bond donors (Lipinski definition) is 2. The van der Waals surface area contributed by atoms with Gasteiger partial charge in [-0.25, -0.2) is 0 Å². The summed E-state index contributed by atoms with van der Waals surface area (Å²) in [7, 11) is 0. The van der Waals surface area contributed by atoms with Crippen molar-refractivity contribution >= 4 is 11.8 Å². The molecule has 1 atom stereocenters. The molecule has 0 aliphatic carbocycles. The highest BCUT2D eigenvalue weighted by atomic mass is 16.2. The number of rotatable bonds is 9. The Bertz CT molecular complexity index is 239. The molecule has 2 amide bonds. The third kappa shape index (κ3) is 8.03. The lowest BCUT2D eigenvalue weighted by Gasteiger charge is -2.13. The lowest BCUT2D eigenvalue weighted by Crippen LogP contribution is -2.43. The Kier molecular flexibility index (Phi) is 8.21. The fraction of sp³-hybridized carbons (Fsp3) is 0.667. The average molecular weight is 226 g/mol. The van der Waals surface area contributed by atoms with E-state index in [-0.39, 0.29) is 5.91 Å². The summed E-state index contributed by atoms with van der Waals surface area (Å²) >= 11 is 0. The number of nitrogens with two attached hydrogens (primary N) is 1. The van der Waals surface area contributed by atoms with Gasteiger partial charge >= 0.3 is 0 Å². The fourth-order valence-corrected chi connectivity index (χ4v) is 1.52. The van der Waals surface area contributed by atoms with Gasteiger partial charge < -0.3 is 11.1 Å². The van der Waals surface area contributed by atoms with E-state index in [1.807, 2.05) is 6.08 Å². The quantitative estimate of drug-likeness (QED) is 0.462. The van der Waals surface area contributed by atoms with Crippen LogP contribution in [0.15, 0.2) is 12.7 Å². The molecule has 3 N–H and O–H groups in total. The molecule has 4 nitrogen and oxygen atoms in total. The van der Waals surface area contributed by atoms with Gasteiger partial charge in [-0.2, -0.15) is 0 Å². The van der Waals surface area contributed by atoms with E-state index < -0.39 is 11.9 Å². The van der Waals surface area contributed by atoms with Gasteiger partial charge in [-0.15, -0.1) is 6.58 Å². The Morgan fingerprint density at radius 1 is 1.31 bits per heavy atom. The number of amides is 2. The molecule has 0 aromatic heterocycles. The van der Waals surface area contributed by atoms with Crippen molar-refractivity contribution in [2.24, 2.45) is 5.73 Å². The van der Waals surface area contributed by atoms with Gasteiger partial charge in [0.05, 0.1) is 0 Å². The van der Waals surface area contributed by atoms with Gasteiger partial charge in [-0.3, -0.25) is 9.59 Å². The van der Waals surface area contributed by atoms with Crippen LogP contribution >= 0.6 is 0 Å². The molecule has 92 valence electrons. The van der Waals surface area contributed by atoms with Crippen LogP contribution in [-0.2, 0) is 9.59 Å². The highest BCUT2D eigenvalue weighted by molar-refractivity contribution is 5.85. The van der Waals surface area contributed by atoms with Crippen molar-refractivity contribution in [1.29, 1.82) is 0 Å². The second-order valence-corrected chi connectivity index (χ2v) is 3.94. The summed E-state index contributed by atoms with van der Waals surface area (Å²) in [5.41, 5.74) is 5.18. The Morgan fingerprint density at radius 2 is 1.94 bits per heavy atom. The minimum atomic E-state index is -0.517. The van der Waals surface area contributed by atoms with Crippen molar-refractivity contribution in [3.05, 3.63) is 12.7 Å². The summed E-state index contributed by atoms with van der Waals surface area (Å²) in [5.74, 6) is -0.670. The Hall–Kier alpha value is -1.32.